The number of aryl methyl sites for hydroxylation is 1. The van der Waals surface area contributed by atoms with Crippen molar-refractivity contribution >= 4 is 5.97 Å². The van der Waals surface area contributed by atoms with Crippen molar-refractivity contribution in [3.05, 3.63) is 45.6 Å². The number of hydrogen-bond acceptors (Lipinski definition) is 4. The summed E-state index contributed by atoms with van der Waals surface area (Å²) < 4.78 is 18.4. The van der Waals surface area contributed by atoms with Gasteiger partial charge in [0.05, 0.1) is 6.61 Å². The first-order chi connectivity index (χ1) is 10.1. The highest BCUT2D eigenvalue weighted by Crippen LogP contribution is 2.20. The lowest BCUT2D eigenvalue weighted by molar-refractivity contribution is -0.145. The minimum Gasteiger partial charge on any atom is -0.465 e. The Kier molecular flexibility index (Phi) is 7.21. The summed E-state index contributed by atoms with van der Waals surface area (Å²) in [7, 11) is 0. The van der Waals surface area contributed by atoms with Gasteiger partial charge in [-0.05, 0) is 55.6 Å². The molecule has 6 nitrogen and oxygen atoms in total. The number of rotatable bonds is 8. The van der Waals surface area contributed by atoms with Crippen LogP contribution < -0.4 is 5.32 Å². The molecule has 0 amide bonds. The van der Waals surface area contributed by atoms with E-state index in [1.807, 2.05) is 6.92 Å². The molecular weight excluding hydrogens is 275 g/mol. The van der Waals surface area contributed by atoms with Gasteiger partial charge in [0.15, 0.2) is 0 Å². The van der Waals surface area contributed by atoms with E-state index in [-0.39, 0.29) is 6.61 Å². The minimum atomic E-state index is -0.730. The Morgan fingerprint density at radius 1 is 1.57 bits per heavy atom. The molecule has 0 aliphatic heterocycles. The van der Waals surface area contributed by atoms with Gasteiger partial charge in [-0.15, -0.1) is 0 Å². The van der Waals surface area contributed by atoms with Gasteiger partial charge in [-0.1, -0.05) is 11.2 Å². The second kappa shape index (κ2) is 8.94. The first kappa shape index (κ1) is 16.9. The number of halogens is 1. The van der Waals surface area contributed by atoms with E-state index in [1.54, 1.807) is 13.0 Å². The Labute approximate surface area is 122 Å². The number of nitrogens with one attached hydrogen (secondary N) is 1. The van der Waals surface area contributed by atoms with Gasteiger partial charge < -0.3 is 10.1 Å². The molecule has 0 aliphatic carbocycles. The van der Waals surface area contributed by atoms with Crippen molar-refractivity contribution in [2.75, 3.05) is 19.7 Å². The summed E-state index contributed by atoms with van der Waals surface area (Å²) in [6, 6.07) is 3.57. The molecule has 0 saturated carbocycles. The van der Waals surface area contributed by atoms with E-state index in [1.165, 1.54) is 12.1 Å². The largest absolute Gasteiger partial charge is 0.465 e. The number of esters is 1. The number of hydrogen-bond donors (Lipinski definition) is 1. The fourth-order valence-corrected chi connectivity index (χ4v) is 1.91. The Balaban J connectivity index is 2.83. The predicted octanol–water partition coefficient (Wildman–Crippen LogP) is 3.03. The fraction of sp³-hybridized carbons (Fsp3) is 0.500. The maximum absolute atomic E-state index is 13.4. The number of benzene rings is 1. The second-order valence-corrected chi connectivity index (χ2v) is 4.45. The number of nitrogens with zero attached hydrogens (tertiary/aromatic N) is 3. The zero-order chi connectivity index (χ0) is 15.7. The van der Waals surface area contributed by atoms with Crippen LogP contribution in [0, 0.1) is 12.7 Å². The van der Waals surface area contributed by atoms with Crippen LogP contribution in [0.15, 0.2) is 23.3 Å². The Morgan fingerprint density at radius 3 is 3.00 bits per heavy atom. The van der Waals surface area contributed by atoms with Crippen molar-refractivity contribution < 1.29 is 13.9 Å². The average Bonchev–Trinajstić information content (AvgIpc) is 2.46. The third kappa shape index (κ3) is 5.41. The van der Waals surface area contributed by atoms with Gasteiger partial charge in [-0.2, -0.15) is 0 Å². The third-order valence-electron chi connectivity index (χ3n) is 2.92. The van der Waals surface area contributed by atoms with Gasteiger partial charge in [-0.25, -0.2) is 9.18 Å². The van der Waals surface area contributed by atoms with Crippen LogP contribution in [0.2, 0.25) is 0 Å². The molecule has 0 bridgehead atoms. The van der Waals surface area contributed by atoms with Crippen LogP contribution in [-0.2, 0) is 9.53 Å². The summed E-state index contributed by atoms with van der Waals surface area (Å²) in [5.74, 6) is -0.851. The number of carbonyl (C=O) groups is 1. The van der Waals surface area contributed by atoms with Crippen LogP contribution >= 0.6 is 0 Å². The molecule has 7 heteroatoms. The lowest BCUT2D eigenvalue weighted by Crippen LogP contribution is -2.32. The van der Waals surface area contributed by atoms with Gasteiger partial charge in [0.2, 0.25) is 0 Å². The summed E-state index contributed by atoms with van der Waals surface area (Å²) in [6.07, 6.45) is 0.578. The molecule has 0 aliphatic rings. The molecule has 1 rings (SSSR count). The molecule has 1 aromatic carbocycles. The molecule has 1 aromatic rings. The summed E-state index contributed by atoms with van der Waals surface area (Å²) in [5, 5.41) is 6.44. The van der Waals surface area contributed by atoms with E-state index in [9.17, 15) is 9.18 Å². The van der Waals surface area contributed by atoms with Crippen LogP contribution in [0.5, 0.6) is 0 Å². The van der Waals surface area contributed by atoms with Crippen LogP contribution in [0.3, 0.4) is 0 Å². The van der Waals surface area contributed by atoms with E-state index < -0.39 is 17.8 Å². The van der Waals surface area contributed by atoms with E-state index in [0.29, 0.717) is 25.1 Å². The molecule has 0 fully saturated rings. The highest BCUT2D eigenvalue weighted by molar-refractivity contribution is 5.78. The number of carbonyl (C=O) groups excluding carboxylic acids is 1. The quantitative estimate of drug-likeness (QED) is 0.263. The Hall–Kier alpha value is -2.11. The maximum Gasteiger partial charge on any atom is 0.327 e. The first-order valence-electron chi connectivity index (χ1n) is 6.77. The highest BCUT2D eigenvalue weighted by Gasteiger charge is 2.23. The van der Waals surface area contributed by atoms with Crippen LogP contribution in [0.4, 0.5) is 4.39 Å². The van der Waals surface area contributed by atoms with E-state index in [0.717, 1.165) is 5.56 Å². The van der Waals surface area contributed by atoms with Crippen LogP contribution in [0.1, 0.15) is 30.5 Å². The zero-order valence-corrected chi connectivity index (χ0v) is 12.2. The molecule has 0 saturated heterocycles. The summed E-state index contributed by atoms with van der Waals surface area (Å²) >= 11 is 0. The predicted molar refractivity (Wildman–Crippen MR) is 77.1 cm³/mol. The highest BCUT2D eigenvalue weighted by atomic mass is 19.1. The average molecular weight is 294 g/mol. The van der Waals surface area contributed by atoms with Gasteiger partial charge in [-0.3, -0.25) is 0 Å². The molecule has 0 heterocycles. The van der Waals surface area contributed by atoms with Crippen molar-refractivity contribution in [2.24, 2.45) is 5.11 Å². The van der Waals surface area contributed by atoms with E-state index >= 15 is 0 Å². The molecule has 1 atom stereocenters. The monoisotopic (exact) mass is 294 g/mol. The number of ether oxygens (including phenoxy) is 1. The lowest BCUT2D eigenvalue weighted by Gasteiger charge is -2.19. The molecule has 0 aromatic heterocycles. The van der Waals surface area contributed by atoms with Gasteiger partial charge in [0.25, 0.3) is 0 Å². The molecule has 0 spiro atoms. The smallest absolute Gasteiger partial charge is 0.327 e. The number of azide groups is 1. The van der Waals surface area contributed by atoms with Crippen molar-refractivity contribution in [3.63, 3.8) is 0 Å². The van der Waals surface area contributed by atoms with Crippen molar-refractivity contribution in [1.29, 1.82) is 0 Å². The zero-order valence-electron chi connectivity index (χ0n) is 12.2. The third-order valence-corrected chi connectivity index (χ3v) is 2.92. The SMILES string of the molecule is CCOC(=O)C(NCCCN=[N+]=[N-])c1cc(F)ccc1C. The maximum atomic E-state index is 13.4. The van der Waals surface area contributed by atoms with Gasteiger partial charge >= 0.3 is 5.97 Å². The molecule has 21 heavy (non-hydrogen) atoms. The van der Waals surface area contributed by atoms with Crippen LogP contribution in [0.25, 0.3) is 10.4 Å². The van der Waals surface area contributed by atoms with Crippen molar-refractivity contribution in [2.45, 2.75) is 26.3 Å². The molecule has 1 unspecified atom stereocenters. The van der Waals surface area contributed by atoms with E-state index in [4.69, 9.17) is 10.3 Å². The van der Waals surface area contributed by atoms with Gasteiger partial charge in [0.1, 0.15) is 11.9 Å². The lowest BCUT2D eigenvalue weighted by atomic mass is 10.0. The van der Waals surface area contributed by atoms with E-state index in [2.05, 4.69) is 15.3 Å². The minimum absolute atomic E-state index is 0.254. The first-order valence-corrected chi connectivity index (χ1v) is 6.77. The second-order valence-electron chi connectivity index (χ2n) is 4.45. The molecule has 1 N–H and O–H groups in total. The molecular formula is C14H19FN4O2. The summed E-state index contributed by atoms with van der Waals surface area (Å²) in [5.41, 5.74) is 9.56. The Bertz CT molecular complexity index is 530. The summed E-state index contributed by atoms with van der Waals surface area (Å²) in [6.45, 7) is 4.57. The van der Waals surface area contributed by atoms with Gasteiger partial charge in [0, 0.05) is 11.5 Å². The topological polar surface area (TPSA) is 87.1 Å². The molecule has 0 radical (unpaired) electrons. The summed E-state index contributed by atoms with van der Waals surface area (Å²) in [4.78, 5) is 14.7. The van der Waals surface area contributed by atoms with Crippen molar-refractivity contribution in [1.82, 2.24) is 5.32 Å². The van der Waals surface area contributed by atoms with Crippen molar-refractivity contribution in [3.8, 4) is 0 Å². The normalized spacial score (nSPS) is 11.6. The fourth-order valence-electron chi connectivity index (χ4n) is 1.91. The standard InChI is InChI=1S/C14H19FN4O2/c1-3-21-14(20)13(17-7-4-8-18-19-16)12-9-11(15)6-5-10(12)2/h5-6,9,13,17H,3-4,7-8H2,1-2H3. The molecule has 114 valence electrons. The Morgan fingerprint density at radius 2 is 2.33 bits per heavy atom. The van der Waals surface area contributed by atoms with Crippen LogP contribution in [-0.4, -0.2) is 25.7 Å².